The lowest BCUT2D eigenvalue weighted by molar-refractivity contribution is 0.0869. The Morgan fingerprint density at radius 1 is 1.19 bits per heavy atom. The van der Waals surface area contributed by atoms with E-state index in [-0.39, 0.29) is 11.7 Å². The van der Waals surface area contributed by atoms with E-state index in [1.54, 1.807) is 35.1 Å². The molecule has 0 aliphatic heterocycles. The van der Waals surface area contributed by atoms with Crippen LogP contribution in [0.5, 0.6) is 0 Å². The van der Waals surface area contributed by atoms with E-state index in [1.165, 1.54) is 12.3 Å². The molecule has 0 unspecified atom stereocenters. The first-order valence-electron chi connectivity index (χ1n) is 9.01. The predicted molar refractivity (Wildman–Crippen MR) is 96.4 cm³/mol. The molecule has 3 aromatic rings. The maximum Gasteiger partial charge on any atom is 0.257 e. The third-order valence-electron chi connectivity index (χ3n) is 5.20. The molecular weight excluding hydrogens is 331 g/mol. The fraction of sp³-hybridized carbons (Fsp3) is 0.350. The van der Waals surface area contributed by atoms with E-state index in [4.69, 9.17) is 0 Å². The summed E-state index contributed by atoms with van der Waals surface area (Å²) in [5.74, 6) is -0.415. The number of nitrogens with zero attached hydrogens (tertiary/aromatic N) is 3. The fourth-order valence-corrected chi connectivity index (χ4v) is 3.88. The number of rotatable bonds is 4. The van der Waals surface area contributed by atoms with Crippen LogP contribution in [0, 0.1) is 5.82 Å². The van der Waals surface area contributed by atoms with Crippen LogP contribution in [0.1, 0.15) is 48.0 Å². The van der Waals surface area contributed by atoms with Crippen molar-refractivity contribution < 1.29 is 9.18 Å². The van der Waals surface area contributed by atoms with Crippen molar-refractivity contribution in [2.24, 2.45) is 0 Å². The fourth-order valence-electron chi connectivity index (χ4n) is 3.88. The minimum absolute atomic E-state index is 0.197. The summed E-state index contributed by atoms with van der Waals surface area (Å²) >= 11 is 0. The number of aromatic nitrogens is 3. The van der Waals surface area contributed by atoms with Crippen LogP contribution in [0.25, 0.3) is 5.65 Å². The number of fused-ring (bicyclic) bond motifs is 1. The Kier molecular flexibility index (Phi) is 4.41. The average molecular weight is 352 g/mol. The van der Waals surface area contributed by atoms with E-state index in [1.807, 2.05) is 6.07 Å². The molecule has 1 aromatic carbocycles. The molecule has 1 N–H and O–H groups in total. The third-order valence-corrected chi connectivity index (χ3v) is 5.20. The van der Waals surface area contributed by atoms with Gasteiger partial charge >= 0.3 is 0 Å². The number of amides is 1. The van der Waals surface area contributed by atoms with Gasteiger partial charge in [0, 0.05) is 17.9 Å². The molecule has 1 amide bonds. The second-order valence-electron chi connectivity index (χ2n) is 7.01. The van der Waals surface area contributed by atoms with Crippen LogP contribution < -0.4 is 5.32 Å². The molecule has 0 saturated heterocycles. The highest BCUT2D eigenvalue weighted by Crippen LogP contribution is 2.32. The van der Waals surface area contributed by atoms with Gasteiger partial charge in [-0.05, 0) is 37.0 Å². The highest BCUT2D eigenvalue weighted by molar-refractivity contribution is 6.00. The molecule has 0 atom stereocenters. The van der Waals surface area contributed by atoms with Crippen LogP contribution in [0.4, 0.5) is 4.39 Å². The Balaban J connectivity index is 1.63. The quantitative estimate of drug-likeness (QED) is 0.781. The summed E-state index contributed by atoms with van der Waals surface area (Å²) in [6.07, 6.45) is 10.3. The standard InChI is InChI=1S/C20H21FN4O/c21-17-8-3-2-7-15(17)13-20(9-4-1-5-10-20)24-19(26)16-14-23-25-12-6-11-22-18(16)25/h2-3,6-8,11-12,14H,1,4-5,9-10,13H2,(H,24,26). The monoisotopic (exact) mass is 352 g/mol. The molecule has 0 spiro atoms. The Hall–Kier alpha value is -2.76. The molecule has 1 saturated carbocycles. The first kappa shape index (κ1) is 16.7. The highest BCUT2D eigenvalue weighted by atomic mass is 19.1. The lowest BCUT2D eigenvalue weighted by Gasteiger charge is -2.38. The molecular formula is C20H21FN4O. The first-order valence-corrected chi connectivity index (χ1v) is 9.01. The SMILES string of the molecule is O=C(NC1(Cc2ccccc2F)CCCCC1)c1cnn2cccnc12. The predicted octanol–water partition coefficient (Wildman–Crippen LogP) is 3.54. The number of hydrogen-bond acceptors (Lipinski definition) is 3. The highest BCUT2D eigenvalue weighted by Gasteiger charge is 2.35. The largest absolute Gasteiger partial charge is 0.346 e. The zero-order valence-electron chi connectivity index (χ0n) is 14.5. The normalized spacial score (nSPS) is 16.5. The van der Waals surface area contributed by atoms with Crippen LogP contribution in [-0.2, 0) is 6.42 Å². The molecule has 1 fully saturated rings. The van der Waals surface area contributed by atoms with Gasteiger partial charge in [0.1, 0.15) is 11.4 Å². The molecule has 0 bridgehead atoms. The van der Waals surface area contributed by atoms with Crippen LogP contribution in [-0.4, -0.2) is 26.0 Å². The Labute approximate surface area is 151 Å². The summed E-state index contributed by atoms with van der Waals surface area (Å²) in [5, 5.41) is 7.39. The number of carbonyl (C=O) groups excluding carboxylic acids is 1. The van der Waals surface area contributed by atoms with Crippen molar-refractivity contribution in [1.29, 1.82) is 0 Å². The Bertz CT molecular complexity index is 930. The van der Waals surface area contributed by atoms with Gasteiger partial charge in [-0.25, -0.2) is 13.9 Å². The molecule has 0 radical (unpaired) electrons. The van der Waals surface area contributed by atoms with E-state index in [9.17, 15) is 9.18 Å². The number of carbonyl (C=O) groups is 1. The van der Waals surface area contributed by atoms with Crippen molar-refractivity contribution in [2.45, 2.75) is 44.1 Å². The first-order chi connectivity index (χ1) is 12.7. The van der Waals surface area contributed by atoms with Crippen molar-refractivity contribution in [3.05, 3.63) is 65.9 Å². The molecule has 4 rings (SSSR count). The molecule has 2 heterocycles. The number of nitrogens with one attached hydrogen (secondary N) is 1. The van der Waals surface area contributed by atoms with Gasteiger partial charge < -0.3 is 5.32 Å². The average Bonchev–Trinajstić information content (AvgIpc) is 3.09. The lowest BCUT2D eigenvalue weighted by atomic mass is 9.77. The smallest absolute Gasteiger partial charge is 0.257 e. The summed E-state index contributed by atoms with van der Waals surface area (Å²) in [7, 11) is 0. The van der Waals surface area contributed by atoms with E-state index < -0.39 is 5.54 Å². The topological polar surface area (TPSA) is 59.3 Å². The minimum atomic E-state index is -0.430. The van der Waals surface area contributed by atoms with Crippen molar-refractivity contribution in [3.63, 3.8) is 0 Å². The molecule has 6 heteroatoms. The Morgan fingerprint density at radius 2 is 2.00 bits per heavy atom. The summed E-state index contributed by atoms with van der Waals surface area (Å²) in [6, 6.07) is 8.57. The summed E-state index contributed by atoms with van der Waals surface area (Å²) in [6.45, 7) is 0. The van der Waals surface area contributed by atoms with Crippen molar-refractivity contribution in [1.82, 2.24) is 19.9 Å². The molecule has 134 valence electrons. The van der Waals surface area contributed by atoms with Gasteiger partial charge in [0.25, 0.3) is 5.91 Å². The van der Waals surface area contributed by atoms with Crippen LogP contribution in [0.2, 0.25) is 0 Å². The van der Waals surface area contributed by atoms with Gasteiger partial charge in [-0.1, -0.05) is 37.5 Å². The third kappa shape index (κ3) is 3.19. The van der Waals surface area contributed by atoms with Gasteiger partial charge in [0.2, 0.25) is 0 Å². The van der Waals surface area contributed by atoms with Crippen molar-refractivity contribution in [2.75, 3.05) is 0 Å². The number of benzene rings is 1. The lowest BCUT2D eigenvalue weighted by Crippen LogP contribution is -2.51. The Morgan fingerprint density at radius 3 is 2.81 bits per heavy atom. The van der Waals surface area contributed by atoms with Crippen LogP contribution in [0.15, 0.2) is 48.9 Å². The minimum Gasteiger partial charge on any atom is -0.346 e. The second-order valence-corrected chi connectivity index (χ2v) is 7.01. The van der Waals surface area contributed by atoms with E-state index in [0.29, 0.717) is 23.2 Å². The molecule has 1 aliphatic rings. The summed E-state index contributed by atoms with van der Waals surface area (Å²) in [4.78, 5) is 17.2. The maximum absolute atomic E-state index is 14.2. The zero-order chi connectivity index (χ0) is 18.0. The van der Waals surface area contributed by atoms with Crippen molar-refractivity contribution >= 4 is 11.6 Å². The second kappa shape index (κ2) is 6.86. The van der Waals surface area contributed by atoms with E-state index >= 15 is 0 Å². The van der Waals surface area contributed by atoms with Crippen LogP contribution in [0.3, 0.4) is 0 Å². The summed E-state index contributed by atoms with van der Waals surface area (Å²) in [5.41, 5.74) is 1.19. The molecule has 5 nitrogen and oxygen atoms in total. The van der Waals surface area contributed by atoms with Gasteiger partial charge in [-0.15, -0.1) is 0 Å². The van der Waals surface area contributed by atoms with Gasteiger partial charge in [0.15, 0.2) is 5.65 Å². The molecule has 26 heavy (non-hydrogen) atoms. The molecule has 1 aliphatic carbocycles. The van der Waals surface area contributed by atoms with E-state index in [0.717, 1.165) is 32.1 Å². The van der Waals surface area contributed by atoms with Gasteiger partial charge in [-0.2, -0.15) is 5.10 Å². The number of halogens is 1. The van der Waals surface area contributed by atoms with Crippen LogP contribution >= 0.6 is 0 Å². The van der Waals surface area contributed by atoms with Crippen molar-refractivity contribution in [3.8, 4) is 0 Å². The number of hydrogen-bond donors (Lipinski definition) is 1. The molecule has 2 aromatic heterocycles. The van der Waals surface area contributed by atoms with Gasteiger partial charge in [0.05, 0.1) is 6.20 Å². The van der Waals surface area contributed by atoms with E-state index in [2.05, 4.69) is 15.4 Å². The van der Waals surface area contributed by atoms with Gasteiger partial charge in [-0.3, -0.25) is 4.79 Å². The summed E-state index contributed by atoms with van der Waals surface area (Å²) < 4.78 is 15.8. The maximum atomic E-state index is 14.2. The zero-order valence-corrected chi connectivity index (χ0v) is 14.5.